The number of nitrogens with zero attached hydrogens (tertiary/aromatic N) is 1. The summed E-state index contributed by atoms with van der Waals surface area (Å²) in [5.41, 5.74) is 0. The number of carbonyl (C=O) groups is 1. The topological polar surface area (TPSA) is 85.4 Å². The molecular weight excluding hydrogens is 324 g/mol. The average Bonchev–Trinajstić information content (AvgIpc) is 2.29. The van der Waals surface area contributed by atoms with Crippen molar-refractivity contribution in [3.8, 4) is 0 Å². The highest BCUT2D eigenvalue weighted by atomic mass is 79.9. The van der Waals surface area contributed by atoms with Crippen LogP contribution in [-0.2, 0) is 19.6 Å². The molecule has 0 fully saturated rings. The van der Waals surface area contributed by atoms with Crippen LogP contribution in [0.15, 0.2) is 27.8 Å². The molecular formula is C10H13BrN2O4S. The summed E-state index contributed by atoms with van der Waals surface area (Å²) in [4.78, 5) is 14.9. The van der Waals surface area contributed by atoms with E-state index in [1.54, 1.807) is 6.92 Å². The number of hydrogen-bond acceptors (Lipinski definition) is 5. The molecule has 0 saturated carbocycles. The second-order valence-electron chi connectivity index (χ2n) is 3.29. The minimum Gasteiger partial charge on any atom is -0.466 e. The Kier molecular flexibility index (Phi) is 5.70. The Bertz CT molecular complexity index is 518. The van der Waals surface area contributed by atoms with Crippen LogP contribution in [-0.4, -0.2) is 32.5 Å². The van der Waals surface area contributed by atoms with Gasteiger partial charge in [0.2, 0.25) is 10.0 Å². The third-order valence-electron chi connectivity index (χ3n) is 1.92. The van der Waals surface area contributed by atoms with Gasteiger partial charge in [0.15, 0.2) is 0 Å². The number of aromatic nitrogens is 1. The van der Waals surface area contributed by atoms with E-state index in [0.29, 0.717) is 4.47 Å². The number of esters is 1. The molecule has 1 N–H and O–H groups in total. The van der Waals surface area contributed by atoms with Crippen LogP contribution in [0.4, 0.5) is 0 Å². The summed E-state index contributed by atoms with van der Waals surface area (Å²) in [6.45, 7) is 1.96. The lowest BCUT2D eigenvalue weighted by molar-refractivity contribution is -0.142. The number of pyridine rings is 1. The fourth-order valence-electron chi connectivity index (χ4n) is 1.14. The average molecular weight is 337 g/mol. The largest absolute Gasteiger partial charge is 0.466 e. The lowest BCUT2D eigenvalue weighted by atomic mass is 10.4. The van der Waals surface area contributed by atoms with Gasteiger partial charge >= 0.3 is 5.97 Å². The summed E-state index contributed by atoms with van der Waals surface area (Å²) in [5.74, 6) is -0.437. The molecule has 0 atom stereocenters. The second-order valence-corrected chi connectivity index (χ2v) is 5.97. The maximum atomic E-state index is 11.8. The molecule has 0 spiro atoms. The van der Waals surface area contributed by atoms with Gasteiger partial charge in [-0.15, -0.1) is 0 Å². The predicted molar refractivity (Wildman–Crippen MR) is 68.4 cm³/mol. The van der Waals surface area contributed by atoms with Crippen LogP contribution in [0.25, 0.3) is 0 Å². The van der Waals surface area contributed by atoms with Gasteiger partial charge in [-0.2, -0.15) is 0 Å². The Hall–Kier alpha value is -0.990. The molecule has 0 aliphatic rings. The van der Waals surface area contributed by atoms with Crippen LogP contribution in [0, 0.1) is 0 Å². The van der Waals surface area contributed by atoms with Crippen molar-refractivity contribution in [3.63, 3.8) is 0 Å². The quantitative estimate of drug-likeness (QED) is 0.785. The fraction of sp³-hybridized carbons (Fsp3) is 0.400. The highest BCUT2D eigenvalue weighted by Crippen LogP contribution is 2.13. The van der Waals surface area contributed by atoms with Crippen LogP contribution in [0.1, 0.15) is 13.3 Å². The van der Waals surface area contributed by atoms with Crippen LogP contribution in [0.2, 0.25) is 0 Å². The van der Waals surface area contributed by atoms with Crippen molar-refractivity contribution in [2.24, 2.45) is 0 Å². The van der Waals surface area contributed by atoms with Gasteiger partial charge in [0.25, 0.3) is 0 Å². The highest BCUT2D eigenvalue weighted by molar-refractivity contribution is 9.10. The van der Waals surface area contributed by atoms with Gasteiger partial charge in [-0.3, -0.25) is 9.78 Å². The molecule has 18 heavy (non-hydrogen) atoms. The second kappa shape index (κ2) is 6.81. The molecule has 1 rings (SSSR count). The van der Waals surface area contributed by atoms with Gasteiger partial charge in [-0.25, -0.2) is 13.1 Å². The number of sulfonamides is 1. The first-order valence-corrected chi connectivity index (χ1v) is 7.49. The number of hydrogen-bond donors (Lipinski definition) is 1. The summed E-state index contributed by atoms with van der Waals surface area (Å²) < 4.78 is 31.2. The Morgan fingerprint density at radius 2 is 2.22 bits per heavy atom. The maximum Gasteiger partial charge on any atom is 0.307 e. The van der Waals surface area contributed by atoms with E-state index in [0.717, 1.165) is 0 Å². The molecule has 0 amide bonds. The molecule has 1 aromatic rings. The number of nitrogens with one attached hydrogen (secondary N) is 1. The summed E-state index contributed by atoms with van der Waals surface area (Å²) in [6.07, 6.45) is 2.71. The Morgan fingerprint density at radius 1 is 1.50 bits per heavy atom. The van der Waals surface area contributed by atoms with Gasteiger partial charge in [-0.05, 0) is 28.9 Å². The van der Waals surface area contributed by atoms with E-state index < -0.39 is 16.0 Å². The van der Waals surface area contributed by atoms with Crippen molar-refractivity contribution < 1.29 is 17.9 Å². The van der Waals surface area contributed by atoms with E-state index in [4.69, 9.17) is 0 Å². The monoisotopic (exact) mass is 336 g/mol. The lowest BCUT2D eigenvalue weighted by Gasteiger charge is -2.06. The SMILES string of the molecule is CCOC(=O)CCNS(=O)(=O)c1cncc(Br)c1. The first-order valence-electron chi connectivity index (χ1n) is 5.21. The lowest BCUT2D eigenvalue weighted by Crippen LogP contribution is -2.26. The number of halogens is 1. The molecule has 8 heteroatoms. The zero-order valence-corrected chi connectivity index (χ0v) is 12.1. The van der Waals surface area contributed by atoms with E-state index >= 15 is 0 Å². The Labute approximate surface area is 114 Å². The molecule has 1 heterocycles. The minimum atomic E-state index is -3.64. The van der Waals surface area contributed by atoms with Crippen LogP contribution in [0.3, 0.4) is 0 Å². The van der Waals surface area contributed by atoms with Crippen LogP contribution < -0.4 is 4.72 Å². The Morgan fingerprint density at radius 3 is 2.83 bits per heavy atom. The van der Waals surface area contributed by atoms with E-state index in [2.05, 4.69) is 30.4 Å². The standard InChI is InChI=1S/C10H13BrN2O4S/c1-2-17-10(14)3-4-13-18(15,16)9-5-8(11)6-12-7-9/h5-7,13H,2-4H2,1H3. The Balaban J connectivity index is 2.58. The smallest absolute Gasteiger partial charge is 0.307 e. The molecule has 0 unspecified atom stereocenters. The highest BCUT2D eigenvalue weighted by Gasteiger charge is 2.15. The third-order valence-corrected chi connectivity index (χ3v) is 3.78. The van der Waals surface area contributed by atoms with Crippen molar-refractivity contribution in [1.29, 1.82) is 0 Å². The molecule has 1 aromatic heterocycles. The first kappa shape index (κ1) is 15.1. The summed E-state index contributed by atoms with van der Waals surface area (Å²) in [7, 11) is -3.64. The fourth-order valence-corrected chi connectivity index (χ4v) is 2.68. The zero-order chi connectivity index (χ0) is 13.6. The molecule has 0 aromatic carbocycles. The summed E-state index contributed by atoms with van der Waals surface area (Å²) in [6, 6.07) is 1.43. The zero-order valence-electron chi connectivity index (χ0n) is 9.72. The maximum absolute atomic E-state index is 11.8. The van der Waals surface area contributed by atoms with Gasteiger partial charge in [-0.1, -0.05) is 0 Å². The van der Waals surface area contributed by atoms with E-state index in [1.165, 1.54) is 18.5 Å². The van der Waals surface area contributed by atoms with Gasteiger partial charge in [0.1, 0.15) is 4.90 Å². The van der Waals surface area contributed by atoms with E-state index in [-0.39, 0.29) is 24.5 Å². The molecule has 0 aliphatic carbocycles. The number of rotatable bonds is 6. The summed E-state index contributed by atoms with van der Waals surface area (Å²) in [5, 5.41) is 0. The minimum absolute atomic E-state index is 0.00545. The van der Waals surface area contributed by atoms with Crippen LogP contribution >= 0.6 is 15.9 Å². The van der Waals surface area contributed by atoms with Crippen LogP contribution in [0.5, 0.6) is 0 Å². The molecule has 0 saturated heterocycles. The normalized spacial score (nSPS) is 11.2. The summed E-state index contributed by atoms with van der Waals surface area (Å²) >= 11 is 3.14. The predicted octanol–water partition coefficient (Wildman–Crippen LogP) is 1.08. The van der Waals surface area contributed by atoms with Crippen molar-refractivity contribution in [2.45, 2.75) is 18.2 Å². The van der Waals surface area contributed by atoms with Gasteiger partial charge < -0.3 is 4.74 Å². The molecule has 6 nitrogen and oxygen atoms in total. The number of ether oxygens (including phenoxy) is 1. The molecule has 0 aliphatic heterocycles. The van der Waals surface area contributed by atoms with E-state index in [1.807, 2.05) is 0 Å². The van der Waals surface area contributed by atoms with Gasteiger partial charge in [0.05, 0.1) is 13.0 Å². The van der Waals surface area contributed by atoms with Crippen molar-refractivity contribution >= 4 is 31.9 Å². The number of carbonyl (C=O) groups excluding carboxylic acids is 1. The van der Waals surface area contributed by atoms with Crippen molar-refractivity contribution in [1.82, 2.24) is 9.71 Å². The van der Waals surface area contributed by atoms with Crippen molar-refractivity contribution in [3.05, 3.63) is 22.9 Å². The van der Waals surface area contributed by atoms with Gasteiger partial charge in [0, 0.05) is 23.4 Å². The van der Waals surface area contributed by atoms with E-state index in [9.17, 15) is 13.2 Å². The molecule has 0 bridgehead atoms. The van der Waals surface area contributed by atoms with Crippen molar-refractivity contribution in [2.75, 3.05) is 13.2 Å². The molecule has 0 radical (unpaired) electrons. The molecule has 100 valence electrons. The first-order chi connectivity index (χ1) is 8.45. The third kappa shape index (κ3) is 4.71.